The molecule has 172 valence electrons. The lowest BCUT2D eigenvalue weighted by atomic mass is 10.2. The Bertz CT molecular complexity index is 942. The number of carbonyl (C=O) groups is 3. The van der Waals surface area contributed by atoms with Crippen molar-refractivity contribution in [2.24, 2.45) is 0 Å². The molecule has 12 nitrogen and oxygen atoms in total. The highest BCUT2D eigenvalue weighted by atomic mass is 32.2. The van der Waals surface area contributed by atoms with E-state index in [-0.39, 0.29) is 27.2 Å². The number of esters is 1. The van der Waals surface area contributed by atoms with Crippen LogP contribution >= 0.6 is 11.8 Å². The zero-order valence-corrected chi connectivity index (χ0v) is 17.6. The van der Waals surface area contributed by atoms with Crippen molar-refractivity contribution in [2.75, 3.05) is 29.9 Å². The molecule has 0 aromatic heterocycles. The van der Waals surface area contributed by atoms with E-state index in [1.54, 1.807) is 30.3 Å². The molecule has 0 fully saturated rings. The number of methoxy groups -OCH3 is 1. The summed E-state index contributed by atoms with van der Waals surface area (Å²) in [6.07, 6.45) is 0. The second kappa shape index (κ2) is 11.9. The molecule has 0 bridgehead atoms. The van der Waals surface area contributed by atoms with Crippen molar-refractivity contribution in [3.8, 4) is 0 Å². The number of rotatable bonds is 10. The summed E-state index contributed by atoms with van der Waals surface area (Å²) in [7, 11) is 1.13. The van der Waals surface area contributed by atoms with E-state index in [1.165, 1.54) is 6.07 Å². The lowest BCUT2D eigenvalue weighted by Gasteiger charge is -2.38. The van der Waals surface area contributed by atoms with Gasteiger partial charge in [0.05, 0.1) is 13.7 Å². The lowest BCUT2D eigenvalue weighted by Crippen LogP contribution is -2.47. The zero-order chi connectivity index (χ0) is 23.7. The van der Waals surface area contributed by atoms with Gasteiger partial charge in [-0.25, -0.2) is 4.79 Å². The van der Waals surface area contributed by atoms with Crippen LogP contribution in [0.15, 0.2) is 53.4 Å². The number of anilines is 2. The average molecular weight is 464 g/mol. The number of hydrogen-bond acceptors (Lipinski definition) is 11. The van der Waals surface area contributed by atoms with Gasteiger partial charge in [0, 0.05) is 21.9 Å². The lowest BCUT2D eigenvalue weighted by molar-refractivity contribution is -0.144. The van der Waals surface area contributed by atoms with Gasteiger partial charge >= 0.3 is 5.97 Å². The maximum Gasteiger partial charge on any atom is 0.329 e. The van der Waals surface area contributed by atoms with Gasteiger partial charge in [0.2, 0.25) is 5.91 Å². The Labute approximate surface area is 186 Å². The Hall–Kier alpha value is -3.36. The van der Waals surface area contributed by atoms with Crippen LogP contribution in [0.25, 0.3) is 0 Å². The van der Waals surface area contributed by atoms with Gasteiger partial charge in [-0.15, -0.1) is 17.0 Å². The number of hydrogen-bond donors (Lipinski definition) is 4. The van der Waals surface area contributed by atoms with Crippen LogP contribution < -0.4 is 21.1 Å². The summed E-state index contributed by atoms with van der Waals surface area (Å²) in [4.78, 5) is 36.5. The van der Waals surface area contributed by atoms with E-state index in [1.807, 2.05) is 0 Å². The zero-order valence-electron chi connectivity index (χ0n) is 16.8. The third-order valence-corrected chi connectivity index (χ3v) is 5.20. The molecule has 0 saturated heterocycles. The maximum absolute atomic E-state index is 12.2. The summed E-state index contributed by atoms with van der Waals surface area (Å²) in [6, 6.07) is 10.5. The molecule has 0 aliphatic carbocycles. The van der Waals surface area contributed by atoms with E-state index < -0.39 is 35.6 Å². The van der Waals surface area contributed by atoms with Crippen molar-refractivity contribution < 1.29 is 29.5 Å². The van der Waals surface area contributed by atoms with Gasteiger partial charge in [0.15, 0.2) is 0 Å². The van der Waals surface area contributed by atoms with Crippen molar-refractivity contribution in [1.82, 2.24) is 10.6 Å². The number of benzene rings is 2. The van der Waals surface area contributed by atoms with E-state index in [0.717, 1.165) is 31.0 Å². The monoisotopic (exact) mass is 464 g/mol. The van der Waals surface area contributed by atoms with Crippen LogP contribution in [-0.4, -0.2) is 53.6 Å². The third-order valence-electron chi connectivity index (χ3n) is 4.04. The second-order valence-corrected chi connectivity index (χ2v) is 7.26. The van der Waals surface area contributed by atoms with Gasteiger partial charge in [-0.3, -0.25) is 20.0 Å². The highest BCUT2D eigenvalue weighted by Gasteiger charge is 2.23. The molecule has 0 aliphatic heterocycles. The third kappa shape index (κ3) is 7.11. The van der Waals surface area contributed by atoms with E-state index in [2.05, 4.69) is 15.4 Å². The average Bonchev–Trinajstić information content (AvgIpc) is 2.79. The van der Waals surface area contributed by atoms with Crippen LogP contribution in [-0.2, 0) is 14.3 Å². The van der Waals surface area contributed by atoms with Crippen molar-refractivity contribution in [3.63, 3.8) is 0 Å². The Morgan fingerprint density at radius 1 is 1.12 bits per heavy atom. The molecule has 1 unspecified atom stereocenters. The number of thioether (sulfide) groups is 1. The number of carbonyl (C=O) groups excluding carboxylic acids is 3. The van der Waals surface area contributed by atoms with Gasteiger partial charge in [0.25, 0.3) is 5.91 Å². The fourth-order valence-electron chi connectivity index (χ4n) is 2.48. The van der Waals surface area contributed by atoms with Gasteiger partial charge in [-0.2, -0.15) is 0 Å². The van der Waals surface area contributed by atoms with Crippen LogP contribution in [0.1, 0.15) is 10.4 Å². The van der Waals surface area contributed by atoms with E-state index >= 15 is 0 Å². The fraction of sp³-hybridized carbons (Fsp3) is 0.211. The van der Waals surface area contributed by atoms with Crippen LogP contribution in [0.5, 0.6) is 0 Å². The minimum absolute atomic E-state index is 0.0936. The summed E-state index contributed by atoms with van der Waals surface area (Å²) < 4.78 is 4.67. The smallest absolute Gasteiger partial charge is 0.329 e. The topological polar surface area (TPSA) is 178 Å². The molecule has 1 atom stereocenters. The van der Waals surface area contributed by atoms with E-state index in [4.69, 9.17) is 0 Å². The molecule has 32 heavy (non-hydrogen) atoms. The molecule has 0 saturated carbocycles. The molecule has 0 heterocycles. The maximum atomic E-state index is 12.2. The highest BCUT2D eigenvalue weighted by Crippen LogP contribution is 2.33. The molecule has 13 heteroatoms. The summed E-state index contributed by atoms with van der Waals surface area (Å²) >= 11 is 0.924. The molecule has 2 rings (SSSR count). The van der Waals surface area contributed by atoms with Gasteiger partial charge in [0.1, 0.15) is 11.7 Å². The van der Waals surface area contributed by atoms with E-state index in [0.29, 0.717) is 5.56 Å². The molecule has 4 N–H and O–H groups in total. The van der Waals surface area contributed by atoms with Crippen molar-refractivity contribution >= 4 is 40.9 Å². The van der Waals surface area contributed by atoms with Gasteiger partial charge in [-0.05, 0) is 30.3 Å². The number of nitrogens with one attached hydrogen (secondary N) is 2. The summed E-state index contributed by atoms with van der Waals surface area (Å²) in [5.74, 6) is -1.98. The first-order chi connectivity index (χ1) is 15.2. The Morgan fingerprint density at radius 3 is 2.41 bits per heavy atom. The molecule has 0 aliphatic rings. The predicted octanol–water partition coefficient (Wildman–Crippen LogP) is 1.25. The van der Waals surface area contributed by atoms with Crippen LogP contribution in [0, 0.1) is 10.4 Å². The minimum atomic E-state index is -1.14. The van der Waals surface area contributed by atoms with Crippen LogP contribution in [0.3, 0.4) is 0 Å². The molecule has 0 spiro atoms. The fourth-order valence-corrected chi connectivity index (χ4v) is 3.50. The first kappa shape index (κ1) is 24.9. The Morgan fingerprint density at radius 2 is 1.81 bits per heavy atom. The molecular formula is C19H20N4O8S-2. The molecule has 2 aromatic rings. The molecular weight excluding hydrogens is 444 g/mol. The van der Waals surface area contributed by atoms with Crippen molar-refractivity contribution in [2.45, 2.75) is 10.9 Å². The number of nitrogens with zero attached hydrogens (tertiary/aromatic N) is 2. The van der Waals surface area contributed by atoms with Gasteiger partial charge < -0.3 is 31.0 Å². The van der Waals surface area contributed by atoms with Crippen molar-refractivity contribution in [1.29, 1.82) is 0 Å². The first-order valence-corrected chi connectivity index (χ1v) is 10.0. The Balaban J connectivity index is 2.01. The van der Waals surface area contributed by atoms with E-state index in [9.17, 15) is 35.2 Å². The standard InChI is InChI=1S/C19H20N4O8S/c1-31-19(26)14(21-17(24)10-20-18(25)12-5-3-2-4-6-12)11-32-16-8-7-13(22(27)28)9-15(16)23(29)30/h2-9,14,29-30H,10-11H2,1H3,(H,20,25)(H,21,24)/q-2. The molecule has 0 radical (unpaired) electrons. The SMILES string of the molecule is COC(=O)C(CSc1ccc(N([O-])[O-])cc1N(O)O)NC(=O)CNC(=O)c1ccccc1. The largest absolute Gasteiger partial charge is 0.769 e. The first-order valence-electron chi connectivity index (χ1n) is 9.02. The summed E-state index contributed by atoms with van der Waals surface area (Å²) in [5, 5.41) is 44.3. The molecule has 2 amide bonds. The number of ether oxygens (including phenoxy) is 1. The van der Waals surface area contributed by atoms with Crippen molar-refractivity contribution in [3.05, 3.63) is 64.5 Å². The summed E-state index contributed by atoms with van der Waals surface area (Å²) in [5.41, 5.74) is -0.290. The summed E-state index contributed by atoms with van der Waals surface area (Å²) in [6.45, 7) is -0.393. The van der Waals surface area contributed by atoms with Crippen LogP contribution in [0.4, 0.5) is 11.4 Å². The van der Waals surface area contributed by atoms with Crippen LogP contribution in [0.2, 0.25) is 0 Å². The predicted molar refractivity (Wildman–Crippen MR) is 115 cm³/mol. The normalized spacial score (nSPS) is 11.3. The molecule has 2 aromatic carbocycles. The minimum Gasteiger partial charge on any atom is -0.769 e. The van der Waals surface area contributed by atoms with Gasteiger partial charge in [-0.1, -0.05) is 18.2 Å². The Kier molecular flexibility index (Phi) is 9.24. The quantitative estimate of drug-likeness (QED) is 0.226. The second-order valence-electron chi connectivity index (χ2n) is 6.20. The number of amides is 2. The highest BCUT2D eigenvalue weighted by molar-refractivity contribution is 7.99.